The first-order chi connectivity index (χ1) is 6.03. The summed E-state index contributed by atoms with van der Waals surface area (Å²) in [6.07, 6.45) is 3.35. The maximum atomic E-state index is 11.6. The van der Waals surface area contributed by atoms with Gasteiger partial charge in [0.25, 0.3) is 5.56 Å². The normalized spacial score (nSPS) is 18.7. The second-order valence-corrected chi connectivity index (χ2v) is 4.08. The van der Waals surface area contributed by atoms with Gasteiger partial charge in [0, 0.05) is 24.3 Å². The second-order valence-electron chi connectivity index (χ2n) is 3.64. The van der Waals surface area contributed by atoms with E-state index in [-0.39, 0.29) is 5.56 Å². The fourth-order valence-electron chi connectivity index (χ4n) is 1.43. The van der Waals surface area contributed by atoms with Gasteiger partial charge in [0.1, 0.15) is 0 Å². The van der Waals surface area contributed by atoms with Crippen LogP contribution in [0.1, 0.15) is 18.4 Å². The van der Waals surface area contributed by atoms with E-state index in [0.29, 0.717) is 10.6 Å². The van der Waals surface area contributed by atoms with E-state index < -0.39 is 5.54 Å². The summed E-state index contributed by atoms with van der Waals surface area (Å²) in [4.78, 5) is 11.6. The zero-order valence-electron chi connectivity index (χ0n) is 7.38. The molecule has 0 aliphatic heterocycles. The summed E-state index contributed by atoms with van der Waals surface area (Å²) < 4.78 is 1.48. The molecule has 0 spiro atoms. The Morgan fingerprint density at radius 3 is 2.77 bits per heavy atom. The van der Waals surface area contributed by atoms with E-state index >= 15 is 0 Å². The highest BCUT2D eigenvalue weighted by atomic mass is 35.5. The quantitative estimate of drug-likeness (QED) is 0.732. The topological polar surface area (TPSA) is 48.0 Å². The molecule has 1 aromatic rings. The highest BCUT2D eigenvalue weighted by molar-refractivity contribution is 6.30. The SMILES string of the molecule is Cn1cc(Cl)cc(C2(N)CC2)c1=O. The third kappa shape index (κ3) is 1.38. The molecular weight excluding hydrogens is 188 g/mol. The maximum Gasteiger partial charge on any atom is 0.255 e. The van der Waals surface area contributed by atoms with Gasteiger partial charge in [-0.25, -0.2) is 0 Å². The van der Waals surface area contributed by atoms with Crippen LogP contribution in [0.25, 0.3) is 0 Å². The van der Waals surface area contributed by atoms with Gasteiger partial charge < -0.3 is 10.3 Å². The molecule has 13 heavy (non-hydrogen) atoms. The predicted octanol–water partition coefficient (Wildman–Crippen LogP) is 0.987. The number of halogens is 1. The Hall–Kier alpha value is -0.800. The maximum absolute atomic E-state index is 11.6. The van der Waals surface area contributed by atoms with Gasteiger partial charge >= 0.3 is 0 Å². The standard InChI is InChI=1S/C9H11ClN2O/c1-12-5-6(10)4-7(8(12)13)9(11)2-3-9/h4-5H,2-3,11H2,1H3. The van der Waals surface area contributed by atoms with E-state index in [2.05, 4.69) is 0 Å². The van der Waals surface area contributed by atoms with Gasteiger partial charge in [0.05, 0.1) is 5.02 Å². The Morgan fingerprint density at radius 1 is 1.62 bits per heavy atom. The van der Waals surface area contributed by atoms with Crippen molar-refractivity contribution in [2.24, 2.45) is 12.8 Å². The molecule has 1 fully saturated rings. The molecule has 0 atom stereocenters. The van der Waals surface area contributed by atoms with Crippen molar-refractivity contribution in [3.63, 3.8) is 0 Å². The first kappa shape index (κ1) is 8.78. The minimum absolute atomic E-state index is 0.0376. The lowest BCUT2D eigenvalue weighted by Crippen LogP contribution is -2.31. The van der Waals surface area contributed by atoms with Gasteiger partial charge in [-0.1, -0.05) is 11.6 Å². The molecule has 0 unspecified atom stereocenters. The summed E-state index contributed by atoms with van der Waals surface area (Å²) in [7, 11) is 1.68. The number of nitrogens with two attached hydrogens (primary N) is 1. The molecule has 1 aliphatic rings. The van der Waals surface area contributed by atoms with Crippen molar-refractivity contribution >= 4 is 11.6 Å². The second kappa shape index (κ2) is 2.59. The lowest BCUT2D eigenvalue weighted by Gasteiger charge is -2.09. The van der Waals surface area contributed by atoms with Gasteiger partial charge in [0.2, 0.25) is 0 Å². The van der Waals surface area contributed by atoms with Gasteiger partial charge in [-0.15, -0.1) is 0 Å². The molecule has 2 N–H and O–H groups in total. The van der Waals surface area contributed by atoms with E-state index in [0.717, 1.165) is 12.8 Å². The molecule has 0 bridgehead atoms. The summed E-state index contributed by atoms with van der Waals surface area (Å²) in [5.41, 5.74) is 6.14. The Bertz CT molecular complexity index is 407. The number of aromatic nitrogens is 1. The van der Waals surface area contributed by atoms with Crippen molar-refractivity contribution in [3.8, 4) is 0 Å². The lowest BCUT2D eigenvalue weighted by atomic mass is 10.1. The molecule has 1 aliphatic carbocycles. The van der Waals surface area contributed by atoms with Crippen molar-refractivity contribution in [1.29, 1.82) is 0 Å². The van der Waals surface area contributed by atoms with Gasteiger partial charge in [-0.05, 0) is 18.9 Å². The van der Waals surface area contributed by atoms with E-state index in [1.807, 2.05) is 0 Å². The Morgan fingerprint density at radius 2 is 2.23 bits per heavy atom. The molecule has 4 heteroatoms. The number of rotatable bonds is 1. The molecule has 1 heterocycles. The van der Waals surface area contributed by atoms with Crippen LogP contribution >= 0.6 is 11.6 Å². The van der Waals surface area contributed by atoms with Crippen LogP contribution in [-0.4, -0.2) is 4.57 Å². The zero-order valence-corrected chi connectivity index (χ0v) is 8.14. The summed E-state index contributed by atoms with van der Waals surface area (Å²) in [6.45, 7) is 0. The molecule has 3 nitrogen and oxygen atoms in total. The van der Waals surface area contributed by atoms with Crippen molar-refractivity contribution in [2.45, 2.75) is 18.4 Å². The number of hydrogen-bond donors (Lipinski definition) is 1. The molecule has 0 radical (unpaired) electrons. The van der Waals surface area contributed by atoms with Crippen molar-refractivity contribution < 1.29 is 0 Å². The van der Waals surface area contributed by atoms with E-state index in [9.17, 15) is 4.79 Å². The summed E-state index contributed by atoms with van der Waals surface area (Å²) >= 11 is 5.84. The Kier molecular flexibility index (Phi) is 1.75. The van der Waals surface area contributed by atoms with Gasteiger partial charge in [-0.2, -0.15) is 0 Å². The van der Waals surface area contributed by atoms with Crippen LogP contribution in [-0.2, 0) is 12.6 Å². The van der Waals surface area contributed by atoms with Gasteiger partial charge in [0.15, 0.2) is 0 Å². The van der Waals surface area contributed by atoms with Crippen LogP contribution in [0, 0.1) is 0 Å². The third-order valence-electron chi connectivity index (χ3n) is 2.48. The van der Waals surface area contributed by atoms with Crippen LogP contribution in [0.15, 0.2) is 17.1 Å². The van der Waals surface area contributed by atoms with Gasteiger partial charge in [-0.3, -0.25) is 4.79 Å². The number of nitrogens with zero attached hydrogens (tertiary/aromatic N) is 1. The number of pyridine rings is 1. The predicted molar refractivity (Wildman–Crippen MR) is 51.8 cm³/mol. The minimum Gasteiger partial charge on any atom is -0.321 e. The highest BCUT2D eigenvalue weighted by Crippen LogP contribution is 2.41. The average molecular weight is 199 g/mol. The number of hydrogen-bond acceptors (Lipinski definition) is 2. The monoisotopic (exact) mass is 198 g/mol. The molecule has 0 aromatic carbocycles. The average Bonchev–Trinajstić information content (AvgIpc) is 2.77. The molecule has 0 saturated heterocycles. The molecule has 2 rings (SSSR count). The van der Waals surface area contributed by atoms with E-state index in [4.69, 9.17) is 17.3 Å². The molecular formula is C9H11ClN2O. The Labute approximate surface area is 81.1 Å². The third-order valence-corrected chi connectivity index (χ3v) is 2.68. The molecule has 1 saturated carbocycles. The zero-order chi connectivity index (χ0) is 9.64. The first-order valence-electron chi connectivity index (χ1n) is 4.18. The van der Waals surface area contributed by atoms with Crippen molar-refractivity contribution in [3.05, 3.63) is 33.2 Å². The van der Waals surface area contributed by atoms with E-state index in [1.54, 1.807) is 19.3 Å². The molecule has 70 valence electrons. The van der Waals surface area contributed by atoms with Crippen LogP contribution in [0.3, 0.4) is 0 Å². The fraction of sp³-hybridized carbons (Fsp3) is 0.444. The summed E-state index contributed by atoms with van der Waals surface area (Å²) in [6, 6.07) is 1.68. The fourth-order valence-corrected chi connectivity index (χ4v) is 1.69. The first-order valence-corrected chi connectivity index (χ1v) is 4.56. The van der Waals surface area contributed by atoms with Crippen LogP contribution in [0.2, 0.25) is 5.02 Å². The molecule has 1 aromatic heterocycles. The summed E-state index contributed by atoms with van der Waals surface area (Å²) in [5.74, 6) is 0. The van der Waals surface area contributed by atoms with Crippen molar-refractivity contribution in [2.75, 3.05) is 0 Å². The van der Waals surface area contributed by atoms with Crippen molar-refractivity contribution in [1.82, 2.24) is 4.57 Å². The Balaban J connectivity index is 2.63. The lowest BCUT2D eigenvalue weighted by molar-refractivity contribution is 0.701. The summed E-state index contributed by atoms with van der Waals surface area (Å²) in [5, 5.41) is 0.564. The van der Waals surface area contributed by atoms with Crippen LogP contribution in [0.4, 0.5) is 0 Å². The largest absolute Gasteiger partial charge is 0.321 e. The highest BCUT2D eigenvalue weighted by Gasteiger charge is 2.42. The van der Waals surface area contributed by atoms with Crippen LogP contribution < -0.4 is 11.3 Å². The molecule has 0 amide bonds. The van der Waals surface area contributed by atoms with Crippen LogP contribution in [0.5, 0.6) is 0 Å². The number of aryl methyl sites for hydroxylation is 1. The smallest absolute Gasteiger partial charge is 0.255 e. The minimum atomic E-state index is -0.403. The van der Waals surface area contributed by atoms with E-state index in [1.165, 1.54) is 4.57 Å².